The monoisotopic (exact) mass is 326 g/mol. The van der Waals surface area contributed by atoms with Crippen LogP contribution in [0.2, 0.25) is 10.0 Å². The second-order valence-electron chi connectivity index (χ2n) is 4.01. The lowest BCUT2D eigenvalue weighted by Crippen LogP contribution is -1.93. The molecule has 0 aliphatic rings. The van der Waals surface area contributed by atoms with Crippen LogP contribution in [-0.2, 0) is 4.79 Å². The van der Waals surface area contributed by atoms with E-state index in [1.807, 2.05) is 0 Å². The first-order valence-electron chi connectivity index (χ1n) is 5.80. The maximum absolute atomic E-state index is 13.9. The highest BCUT2D eigenvalue weighted by Gasteiger charge is 2.12. The lowest BCUT2D eigenvalue weighted by molar-refractivity contribution is -0.131. The van der Waals surface area contributed by atoms with Gasteiger partial charge in [0.25, 0.3) is 0 Å². The van der Waals surface area contributed by atoms with Gasteiger partial charge in [-0.15, -0.1) is 0 Å². The molecule has 2 aromatic carbocycles. The summed E-state index contributed by atoms with van der Waals surface area (Å²) in [7, 11) is 0. The molecule has 0 heterocycles. The standard InChI is InChI=1S/C15H9Cl2FO3/c16-10-5-6-11(17)13(8-10)21-15-9(4-7-14(19)20)2-1-3-12(15)18/h1-8H,(H,19,20)/b7-4+. The third-order valence-corrected chi connectivity index (χ3v) is 3.06. The topological polar surface area (TPSA) is 46.5 Å². The molecule has 1 N–H and O–H groups in total. The molecule has 0 spiro atoms. The van der Waals surface area contributed by atoms with Gasteiger partial charge >= 0.3 is 5.97 Å². The van der Waals surface area contributed by atoms with E-state index in [2.05, 4.69) is 0 Å². The average Bonchev–Trinajstić information content (AvgIpc) is 2.43. The van der Waals surface area contributed by atoms with Gasteiger partial charge in [0.2, 0.25) is 0 Å². The highest BCUT2D eigenvalue weighted by molar-refractivity contribution is 6.34. The second kappa shape index (κ2) is 6.61. The molecule has 21 heavy (non-hydrogen) atoms. The fraction of sp³-hybridized carbons (Fsp3) is 0. The first kappa shape index (κ1) is 15.4. The van der Waals surface area contributed by atoms with Crippen LogP contribution in [-0.4, -0.2) is 11.1 Å². The number of benzene rings is 2. The van der Waals surface area contributed by atoms with Crippen molar-refractivity contribution in [1.29, 1.82) is 0 Å². The number of hydrogen-bond acceptors (Lipinski definition) is 2. The number of halogens is 3. The van der Waals surface area contributed by atoms with E-state index >= 15 is 0 Å². The average molecular weight is 327 g/mol. The number of hydrogen-bond donors (Lipinski definition) is 1. The van der Waals surface area contributed by atoms with E-state index in [9.17, 15) is 9.18 Å². The zero-order valence-electron chi connectivity index (χ0n) is 10.5. The Morgan fingerprint density at radius 3 is 2.71 bits per heavy atom. The van der Waals surface area contributed by atoms with Crippen LogP contribution in [0.5, 0.6) is 11.5 Å². The molecule has 0 unspecified atom stereocenters. The predicted molar refractivity (Wildman–Crippen MR) is 79.6 cm³/mol. The Morgan fingerprint density at radius 2 is 2.00 bits per heavy atom. The lowest BCUT2D eigenvalue weighted by atomic mass is 10.1. The van der Waals surface area contributed by atoms with Gasteiger partial charge in [0.05, 0.1) is 5.02 Å². The third-order valence-electron chi connectivity index (χ3n) is 2.51. The highest BCUT2D eigenvalue weighted by Crippen LogP contribution is 2.35. The minimum atomic E-state index is -1.15. The Morgan fingerprint density at radius 1 is 1.24 bits per heavy atom. The number of para-hydroxylation sites is 1. The number of rotatable bonds is 4. The molecule has 0 bridgehead atoms. The van der Waals surface area contributed by atoms with E-state index in [0.717, 1.165) is 6.08 Å². The molecule has 2 rings (SSSR count). The van der Waals surface area contributed by atoms with Crippen LogP contribution in [0, 0.1) is 5.82 Å². The summed E-state index contributed by atoms with van der Waals surface area (Å²) in [5.41, 5.74) is 0.272. The van der Waals surface area contributed by atoms with Gasteiger partial charge < -0.3 is 9.84 Å². The summed E-state index contributed by atoms with van der Waals surface area (Å²) in [6.45, 7) is 0. The van der Waals surface area contributed by atoms with Crippen LogP contribution in [0.4, 0.5) is 4.39 Å². The molecule has 0 amide bonds. The Hall–Kier alpha value is -2.04. The van der Waals surface area contributed by atoms with E-state index in [4.69, 9.17) is 33.0 Å². The lowest BCUT2D eigenvalue weighted by Gasteiger charge is -2.11. The molecule has 6 heteroatoms. The number of carboxylic acids is 1. The Labute approximate surface area is 130 Å². The maximum Gasteiger partial charge on any atom is 0.328 e. The van der Waals surface area contributed by atoms with Gasteiger partial charge in [0, 0.05) is 22.7 Å². The zero-order chi connectivity index (χ0) is 15.4. The predicted octanol–water partition coefficient (Wildman–Crippen LogP) is 5.02. The molecule has 0 aliphatic heterocycles. The maximum atomic E-state index is 13.9. The minimum absolute atomic E-state index is 0.126. The smallest absolute Gasteiger partial charge is 0.328 e. The molecule has 0 aliphatic carbocycles. The number of carbonyl (C=O) groups is 1. The van der Waals surface area contributed by atoms with Gasteiger partial charge in [-0.25, -0.2) is 9.18 Å². The Kier molecular flexibility index (Phi) is 4.83. The largest absolute Gasteiger partial charge is 0.478 e. The van der Waals surface area contributed by atoms with Gasteiger partial charge in [-0.2, -0.15) is 0 Å². The van der Waals surface area contributed by atoms with Crippen molar-refractivity contribution in [2.24, 2.45) is 0 Å². The molecule has 0 aromatic heterocycles. The van der Waals surface area contributed by atoms with Crippen molar-refractivity contribution in [3.63, 3.8) is 0 Å². The Balaban J connectivity index is 2.43. The molecular weight excluding hydrogens is 318 g/mol. The highest BCUT2D eigenvalue weighted by atomic mass is 35.5. The van der Waals surface area contributed by atoms with E-state index in [1.54, 1.807) is 6.07 Å². The van der Waals surface area contributed by atoms with Crippen LogP contribution in [0.15, 0.2) is 42.5 Å². The summed E-state index contributed by atoms with van der Waals surface area (Å²) < 4.78 is 19.4. The molecule has 2 aromatic rings. The van der Waals surface area contributed by atoms with Crippen molar-refractivity contribution in [2.75, 3.05) is 0 Å². The molecule has 3 nitrogen and oxygen atoms in total. The minimum Gasteiger partial charge on any atom is -0.478 e. The van der Waals surface area contributed by atoms with Gasteiger partial charge in [-0.3, -0.25) is 0 Å². The molecule has 0 saturated carbocycles. The molecule has 0 radical (unpaired) electrons. The molecule has 0 saturated heterocycles. The summed E-state index contributed by atoms with van der Waals surface area (Å²) >= 11 is 11.8. The van der Waals surface area contributed by atoms with Crippen LogP contribution < -0.4 is 4.74 Å². The van der Waals surface area contributed by atoms with Crippen molar-refractivity contribution in [3.8, 4) is 11.5 Å². The summed E-state index contributed by atoms with van der Waals surface area (Å²) in [5, 5.41) is 9.29. The zero-order valence-corrected chi connectivity index (χ0v) is 12.0. The first-order chi connectivity index (χ1) is 9.97. The summed E-state index contributed by atoms with van der Waals surface area (Å²) in [5.74, 6) is -1.73. The summed E-state index contributed by atoms with van der Waals surface area (Å²) in [6, 6.07) is 8.71. The summed E-state index contributed by atoms with van der Waals surface area (Å²) in [6.07, 6.45) is 2.13. The van der Waals surface area contributed by atoms with Crippen molar-refractivity contribution < 1.29 is 19.0 Å². The van der Waals surface area contributed by atoms with Crippen LogP contribution >= 0.6 is 23.2 Å². The fourth-order valence-corrected chi connectivity index (χ4v) is 1.91. The Bertz CT molecular complexity index is 714. The van der Waals surface area contributed by atoms with E-state index < -0.39 is 11.8 Å². The van der Waals surface area contributed by atoms with Gasteiger partial charge in [-0.05, 0) is 24.3 Å². The second-order valence-corrected chi connectivity index (χ2v) is 4.85. The molecule has 108 valence electrons. The van der Waals surface area contributed by atoms with Gasteiger partial charge in [-0.1, -0.05) is 35.3 Å². The van der Waals surface area contributed by atoms with E-state index in [-0.39, 0.29) is 22.1 Å². The van der Waals surface area contributed by atoms with Crippen LogP contribution in [0.3, 0.4) is 0 Å². The number of ether oxygens (including phenoxy) is 1. The van der Waals surface area contributed by atoms with Crippen molar-refractivity contribution in [3.05, 3.63) is 63.9 Å². The summed E-state index contributed by atoms with van der Waals surface area (Å²) in [4.78, 5) is 10.6. The van der Waals surface area contributed by atoms with Gasteiger partial charge in [0.1, 0.15) is 5.75 Å². The SMILES string of the molecule is O=C(O)/C=C/c1cccc(F)c1Oc1cc(Cl)ccc1Cl. The number of aliphatic carboxylic acids is 1. The third kappa shape index (κ3) is 3.97. The fourth-order valence-electron chi connectivity index (χ4n) is 1.59. The number of carboxylic acid groups (broad SMARTS) is 1. The quantitative estimate of drug-likeness (QED) is 0.802. The van der Waals surface area contributed by atoms with Crippen molar-refractivity contribution >= 4 is 35.2 Å². The molecular formula is C15H9Cl2FO3. The normalized spacial score (nSPS) is 10.8. The van der Waals surface area contributed by atoms with Gasteiger partial charge in [0.15, 0.2) is 11.6 Å². The van der Waals surface area contributed by atoms with E-state index in [0.29, 0.717) is 5.02 Å². The van der Waals surface area contributed by atoms with E-state index in [1.165, 1.54) is 36.4 Å². The van der Waals surface area contributed by atoms with Crippen LogP contribution in [0.1, 0.15) is 5.56 Å². The van der Waals surface area contributed by atoms with Crippen molar-refractivity contribution in [1.82, 2.24) is 0 Å². The first-order valence-corrected chi connectivity index (χ1v) is 6.55. The molecule has 0 fully saturated rings. The molecule has 0 atom stereocenters. The van der Waals surface area contributed by atoms with Crippen molar-refractivity contribution in [2.45, 2.75) is 0 Å². The van der Waals surface area contributed by atoms with Crippen LogP contribution in [0.25, 0.3) is 6.08 Å².